The van der Waals surface area contributed by atoms with Crippen molar-refractivity contribution in [1.29, 1.82) is 0 Å². The van der Waals surface area contributed by atoms with Crippen molar-refractivity contribution in [3.8, 4) is 0 Å². The third-order valence-corrected chi connectivity index (χ3v) is 3.55. The van der Waals surface area contributed by atoms with Gasteiger partial charge in [0.05, 0.1) is 17.3 Å². The summed E-state index contributed by atoms with van der Waals surface area (Å²) in [5, 5.41) is 6.91. The minimum Gasteiger partial charge on any atom is -0.361 e. The highest BCUT2D eigenvalue weighted by Crippen LogP contribution is 2.24. The van der Waals surface area contributed by atoms with Crippen LogP contribution in [0.4, 0.5) is 0 Å². The number of hydrogen-bond acceptors (Lipinski definition) is 4. The van der Waals surface area contributed by atoms with Gasteiger partial charge < -0.3 is 14.8 Å². The molecule has 2 aromatic rings. The van der Waals surface area contributed by atoms with Gasteiger partial charge in [-0.05, 0) is 32.4 Å². The number of nitrogens with one attached hydrogen (secondary N) is 2. The van der Waals surface area contributed by atoms with Crippen LogP contribution >= 0.6 is 12.2 Å². The first-order valence-electron chi connectivity index (χ1n) is 6.46. The summed E-state index contributed by atoms with van der Waals surface area (Å²) in [5.41, 5.74) is 2.20. The minimum absolute atomic E-state index is 0.136. The molecule has 0 spiro atoms. The Labute approximate surface area is 122 Å². The van der Waals surface area contributed by atoms with Gasteiger partial charge in [-0.15, -0.1) is 0 Å². The molecule has 0 aromatic carbocycles. The van der Waals surface area contributed by atoms with Crippen molar-refractivity contribution in [2.45, 2.75) is 33.2 Å². The molecule has 2 heterocycles. The number of pyridine rings is 1. The number of hydrogen-bond donors (Lipinski definition) is 2. The van der Waals surface area contributed by atoms with E-state index in [-0.39, 0.29) is 11.9 Å². The van der Waals surface area contributed by atoms with Crippen LogP contribution in [-0.4, -0.2) is 16.0 Å². The lowest BCUT2D eigenvalue weighted by atomic mass is 10.0. The predicted octanol–water partition coefficient (Wildman–Crippen LogP) is 3.23. The third-order valence-electron chi connectivity index (χ3n) is 3.21. The quantitative estimate of drug-likeness (QED) is 0.848. The van der Waals surface area contributed by atoms with Crippen molar-refractivity contribution in [3.63, 3.8) is 0 Å². The molecule has 0 aliphatic heterocycles. The molecule has 1 amide bonds. The number of aromatic amines is 1. The van der Waals surface area contributed by atoms with E-state index >= 15 is 0 Å². The molecule has 0 aliphatic rings. The predicted molar refractivity (Wildman–Crippen MR) is 78.1 cm³/mol. The number of carbonyl (C=O) groups is 1. The number of aromatic nitrogens is 2. The van der Waals surface area contributed by atoms with Crippen molar-refractivity contribution in [3.05, 3.63) is 45.6 Å². The molecule has 2 rings (SSSR count). The summed E-state index contributed by atoms with van der Waals surface area (Å²) in [6.45, 7) is 5.72. The number of amides is 1. The molecule has 0 radical (unpaired) electrons. The van der Waals surface area contributed by atoms with Gasteiger partial charge in [0.1, 0.15) is 10.4 Å². The Bertz CT molecular complexity index is 656. The van der Waals surface area contributed by atoms with Crippen molar-refractivity contribution >= 4 is 18.1 Å². The molecule has 0 saturated heterocycles. The van der Waals surface area contributed by atoms with Crippen LogP contribution < -0.4 is 5.32 Å². The summed E-state index contributed by atoms with van der Waals surface area (Å²) in [6, 6.07) is 3.32. The van der Waals surface area contributed by atoms with Crippen molar-refractivity contribution in [1.82, 2.24) is 15.5 Å². The number of H-pyrrole nitrogens is 1. The van der Waals surface area contributed by atoms with Crippen LogP contribution in [-0.2, 0) is 0 Å². The van der Waals surface area contributed by atoms with E-state index in [1.165, 1.54) is 0 Å². The molecule has 6 heteroatoms. The van der Waals surface area contributed by atoms with Crippen LogP contribution in [0.5, 0.6) is 0 Å². The molecule has 0 bridgehead atoms. The van der Waals surface area contributed by atoms with Crippen LogP contribution in [0.3, 0.4) is 0 Å². The molecule has 5 nitrogen and oxygen atoms in total. The van der Waals surface area contributed by atoms with Crippen LogP contribution in [0.15, 0.2) is 22.9 Å². The number of aryl methyl sites for hydroxylation is 2. The fourth-order valence-corrected chi connectivity index (χ4v) is 2.43. The highest BCUT2D eigenvalue weighted by atomic mass is 32.1. The minimum atomic E-state index is -0.196. The molecular formula is C14H17N3O2S. The zero-order valence-electron chi connectivity index (χ0n) is 11.7. The second-order valence-corrected chi connectivity index (χ2v) is 4.99. The van der Waals surface area contributed by atoms with E-state index in [9.17, 15) is 4.79 Å². The van der Waals surface area contributed by atoms with Gasteiger partial charge in [0, 0.05) is 11.8 Å². The maximum absolute atomic E-state index is 12.3. The van der Waals surface area contributed by atoms with Gasteiger partial charge in [-0.1, -0.05) is 24.3 Å². The summed E-state index contributed by atoms with van der Waals surface area (Å²) < 4.78 is 5.59. The largest absolute Gasteiger partial charge is 0.361 e. The van der Waals surface area contributed by atoms with E-state index < -0.39 is 0 Å². The van der Waals surface area contributed by atoms with E-state index in [4.69, 9.17) is 16.7 Å². The van der Waals surface area contributed by atoms with Gasteiger partial charge in [0.2, 0.25) is 0 Å². The lowest BCUT2D eigenvalue weighted by Gasteiger charge is -2.16. The Kier molecular flexibility index (Phi) is 4.34. The van der Waals surface area contributed by atoms with E-state index in [2.05, 4.69) is 15.5 Å². The molecule has 0 aliphatic carbocycles. The third kappa shape index (κ3) is 2.80. The Hall–Kier alpha value is -1.95. The van der Waals surface area contributed by atoms with E-state index in [0.717, 1.165) is 23.4 Å². The highest BCUT2D eigenvalue weighted by Gasteiger charge is 2.21. The summed E-state index contributed by atoms with van der Waals surface area (Å²) in [7, 11) is 0. The first-order valence-corrected chi connectivity index (χ1v) is 6.86. The van der Waals surface area contributed by atoms with Crippen LogP contribution in [0.1, 0.15) is 46.8 Å². The smallest absolute Gasteiger partial charge is 0.254 e. The lowest BCUT2D eigenvalue weighted by Crippen LogP contribution is -2.29. The Balaban J connectivity index is 2.26. The standard InChI is InChI=1S/C14H17N3O2S/c1-4-11(12-8(2)17-19-9(12)3)16-13(18)10-6-5-7-15-14(10)20/h5-7,11H,4H2,1-3H3,(H,15,20)(H,16,18). The molecule has 20 heavy (non-hydrogen) atoms. The Morgan fingerprint density at radius 3 is 2.85 bits per heavy atom. The first kappa shape index (κ1) is 14.5. The summed E-state index contributed by atoms with van der Waals surface area (Å²) >= 11 is 5.12. The zero-order chi connectivity index (χ0) is 14.7. The van der Waals surface area contributed by atoms with Crippen LogP contribution in [0, 0.1) is 18.5 Å². The summed E-state index contributed by atoms with van der Waals surface area (Å²) in [5.74, 6) is 0.534. The second-order valence-electron chi connectivity index (χ2n) is 4.59. The Morgan fingerprint density at radius 1 is 1.55 bits per heavy atom. The van der Waals surface area contributed by atoms with E-state index in [1.54, 1.807) is 18.3 Å². The maximum atomic E-state index is 12.3. The molecule has 1 unspecified atom stereocenters. The Morgan fingerprint density at radius 2 is 2.30 bits per heavy atom. The van der Waals surface area contributed by atoms with Crippen molar-refractivity contribution < 1.29 is 9.32 Å². The number of carbonyl (C=O) groups excluding carboxylic acids is 1. The normalized spacial score (nSPS) is 12.2. The van der Waals surface area contributed by atoms with Gasteiger partial charge in [0.15, 0.2) is 0 Å². The van der Waals surface area contributed by atoms with Gasteiger partial charge in [-0.2, -0.15) is 0 Å². The average molecular weight is 291 g/mol. The van der Waals surface area contributed by atoms with Gasteiger partial charge in [-0.3, -0.25) is 4.79 Å². The molecular weight excluding hydrogens is 274 g/mol. The summed E-state index contributed by atoms with van der Waals surface area (Å²) in [4.78, 5) is 15.2. The molecule has 2 aromatic heterocycles. The van der Waals surface area contributed by atoms with Crippen molar-refractivity contribution in [2.75, 3.05) is 0 Å². The lowest BCUT2D eigenvalue weighted by molar-refractivity contribution is 0.0934. The van der Waals surface area contributed by atoms with Crippen LogP contribution in [0.2, 0.25) is 0 Å². The first-order chi connectivity index (χ1) is 9.54. The topological polar surface area (TPSA) is 70.9 Å². The SMILES string of the molecule is CCC(NC(=O)c1ccc[nH]c1=S)c1c(C)noc1C. The number of rotatable bonds is 4. The maximum Gasteiger partial charge on any atom is 0.254 e. The molecule has 0 fully saturated rings. The van der Waals surface area contributed by atoms with Gasteiger partial charge >= 0.3 is 0 Å². The molecule has 1 atom stereocenters. The second kappa shape index (κ2) is 6.00. The number of nitrogens with zero attached hydrogens (tertiary/aromatic N) is 1. The molecule has 106 valence electrons. The fraction of sp³-hybridized carbons (Fsp3) is 0.357. The molecule has 0 saturated carbocycles. The highest BCUT2D eigenvalue weighted by molar-refractivity contribution is 7.71. The van der Waals surface area contributed by atoms with Crippen molar-refractivity contribution in [2.24, 2.45) is 0 Å². The van der Waals surface area contributed by atoms with Gasteiger partial charge in [-0.25, -0.2) is 0 Å². The van der Waals surface area contributed by atoms with E-state index in [1.807, 2.05) is 20.8 Å². The van der Waals surface area contributed by atoms with E-state index in [0.29, 0.717) is 10.2 Å². The zero-order valence-corrected chi connectivity index (χ0v) is 12.5. The summed E-state index contributed by atoms with van der Waals surface area (Å²) in [6.07, 6.45) is 2.45. The van der Waals surface area contributed by atoms with Crippen LogP contribution in [0.25, 0.3) is 0 Å². The molecule has 2 N–H and O–H groups in total. The fourth-order valence-electron chi connectivity index (χ4n) is 2.20. The average Bonchev–Trinajstić information content (AvgIpc) is 2.76. The van der Waals surface area contributed by atoms with Gasteiger partial charge in [0.25, 0.3) is 5.91 Å². The monoisotopic (exact) mass is 291 g/mol.